The third kappa shape index (κ3) is 3.36. The summed E-state index contributed by atoms with van der Waals surface area (Å²) in [4.78, 5) is 11.0. The lowest BCUT2D eigenvalue weighted by atomic mass is 10.0. The smallest absolute Gasteiger partial charge is 0.149 e. The van der Waals surface area contributed by atoms with Crippen LogP contribution in [0.2, 0.25) is 0 Å². The summed E-state index contributed by atoms with van der Waals surface area (Å²) in [7, 11) is 0. The summed E-state index contributed by atoms with van der Waals surface area (Å²) in [5, 5.41) is 4.29. The Morgan fingerprint density at radius 2 is 1.88 bits per heavy atom. The first-order valence-corrected chi connectivity index (χ1v) is 9.18. The van der Waals surface area contributed by atoms with Gasteiger partial charge in [-0.3, -0.25) is 0 Å². The molecule has 128 valence electrons. The molecule has 1 N–H and O–H groups in total. The van der Waals surface area contributed by atoms with E-state index in [0.717, 1.165) is 43.1 Å². The number of nitrogens with zero attached hydrogens (tertiary/aromatic N) is 3. The van der Waals surface area contributed by atoms with Crippen LogP contribution < -0.4 is 5.32 Å². The van der Waals surface area contributed by atoms with Crippen LogP contribution in [0.15, 0.2) is 24.5 Å². The van der Waals surface area contributed by atoms with Crippen LogP contribution in [0, 0.1) is 11.7 Å². The van der Waals surface area contributed by atoms with Gasteiger partial charge in [0, 0.05) is 31.1 Å². The standard InChI is InChI=1S/C19H25FN4/c20-17-7-3-6-16-18(17)21-13-22-19(16)23-15-8-10-24(11-9-15)12-14-4-1-2-5-14/h3,6-7,13-15H,1-2,4-5,8-12H2,(H,21,22,23). The minimum Gasteiger partial charge on any atom is -0.367 e. The molecule has 1 aliphatic carbocycles. The Balaban J connectivity index is 1.38. The Labute approximate surface area is 142 Å². The summed E-state index contributed by atoms with van der Waals surface area (Å²) in [5.74, 6) is 1.39. The summed E-state index contributed by atoms with van der Waals surface area (Å²) in [6.07, 6.45) is 9.34. The number of halogens is 1. The van der Waals surface area contributed by atoms with Crippen molar-refractivity contribution >= 4 is 16.7 Å². The molecule has 4 nitrogen and oxygen atoms in total. The van der Waals surface area contributed by atoms with E-state index >= 15 is 0 Å². The molecular formula is C19H25FN4. The summed E-state index contributed by atoms with van der Waals surface area (Å²) >= 11 is 0. The van der Waals surface area contributed by atoms with Crippen LogP contribution >= 0.6 is 0 Å². The lowest BCUT2D eigenvalue weighted by Crippen LogP contribution is -2.41. The maximum atomic E-state index is 13.9. The second kappa shape index (κ2) is 7.01. The molecule has 0 spiro atoms. The average Bonchev–Trinajstić information content (AvgIpc) is 3.11. The molecule has 4 rings (SSSR count). The zero-order valence-corrected chi connectivity index (χ0v) is 14.0. The van der Waals surface area contributed by atoms with Crippen LogP contribution in [-0.2, 0) is 0 Å². The maximum absolute atomic E-state index is 13.9. The number of piperidine rings is 1. The van der Waals surface area contributed by atoms with Crippen molar-refractivity contribution in [2.75, 3.05) is 25.0 Å². The van der Waals surface area contributed by atoms with E-state index < -0.39 is 0 Å². The van der Waals surface area contributed by atoms with Gasteiger partial charge in [0.15, 0.2) is 0 Å². The van der Waals surface area contributed by atoms with E-state index in [1.54, 1.807) is 6.07 Å². The van der Waals surface area contributed by atoms with Gasteiger partial charge in [0.25, 0.3) is 0 Å². The minimum atomic E-state index is -0.288. The van der Waals surface area contributed by atoms with Gasteiger partial charge < -0.3 is 10.2 Å². The van der Waals surface area contributed by atoms with Crippen molar-refractivity contribution in [1.29, 1.82) is 0 Å². The van der Waals surface area contributed by atoms with E-state index in [1.807, 2.05) is 6.07 Å². The van der Waals surface area contributed by atoms with E-state index in [-0.39, 0.29) is 5.82 Å². The van der Waals surface area contributed by atoms with Crippen molar-refractivity contribution in [3.63, 3.8) is 0 Å². The first-order chi connectivity index (χ1) is 11.8. The van der Waals surface area contributed by atoms with Gasteiger partial charge in [0.1, 0.15) is 23.5 Å². The molecule has 1 aromatic carbocycles. The number of fused-ring (bicyclic) bond motifs is 1. The largest absolute Gasteiger partial charge is 0.367 e. The lowest BCUT2D eigenvalue weighted by Gasteiger charge is -2.34. The van der Waals surface area contributed by atoms with Crippen molar-refractivity contribution < 1.29 is 4.39 Å². The molecule has 1 aliphatic heterocycles. The molecule has 2 fully saturated rings. The summed E-state index contributed by atoms with van der Waals surface area (Å²) in [6, 6.07) is 5.46. The van der Waals surface area contributed by atoms with Gasteiger partial charge in [0.05, 0.1) is 0 Å². The van der Waals surface area contributed by atoms with Crippen molar-refractivity contribution in [1.82, 2.24) is 14.9 Å². The van der Waals surface area contributed by atoms with Gasteiger partial charge in [-0.05, 0) is 43.7 Å². The molecule has 0 unspecified atom stereocenters. The number of hydrogen-bond acceptors (Lipinski definition) is 4. The van der Waals surface area contributed by atoms with Crippen LogP contribution in [0.5, 0.6) is 0 Å². The summed E-state index contributed by atoms with van der Waals surface area (Å²) < 4.78 is 13.9. The first kappa shape index (κ1) is 15.8. The monoisotopic (exact) mass is 328 g/mol. The molecule has 2 aromatic rings. The molecule has 5 heteroatoms. The molecule has 0 atom stereocenters. The highest BCUT2D eigenvalue weighted by Gasteiger charge is 2.24. The van der Waals surface area contributed by atoms with Gasteiger partial charge in [0.2, 0.25) is 0 Å². The van der Waals surface area contributed by atoms with Crippen LogP contribution in [0.3, 0.4) is 0 Å². The number of rotatable bonds is 4. The van der Waals surface area contributed by atoms with E-state index in [0.29, 0.717) is 11.6 Å². The molecule has 1 aromatic heterocycles. The quantitative estimate of drug-likeness (QED) is 0.926. The van der Waals surface area contributed by atoms with E-state index in [2.05, 4.69) is 20.2 Å². The van der Waals surface area contributed by atoms with E-state index in [4.69, 9.17) is 0 Å². The van der Waals surface area contributed by atoms with E-state index in [9.17, 15) is 4.39 Å². The predicted molar refractivity (Wildman–Crippen MR) is 94.5 cm³/mol. The van der Waals surface area contributed by atoms with Gasteiger partial charge in [-0.15, -0.1) is 0 Å². The molecule has 2 heterocycles. The fourth-order valence-electron chi connectivity index (χ4n) is 4.18. The van der Waals surface area contributed by atoms with Crippen LogP contribution in [0.25, 0.3) is 10.9 Å². The minimum absolute atomic E-state index is 0.288. The molecular weight excluding hydrogens is 303 g/mol. The topological polar surface area (TPSA) is 41.0 Å². The number of aromatic nitrogens is 2. The fourth-order valence-corrected chi connectivity index (χ4v) is 4.18. The van der Waals surface area contributed by atoms with E-state index in [1.165, 1.54) is 44.6 Å². The Bertz CT molecular complexity index is 691. The highest BCUT2D eigenvalue weighted by Crippen LogP contribution is 2.27. The highest BCUT2D eigenvalue weighted by molar-refractivity contribution is 5.89. The van der Waals surface area contributed by atoms with Crippen molar-refractivity contribution in [3.8, 4) is 0 Å². The summed E-state index contributed by atoms with van der Waals surface area (Å²) in [6.45, 7) is 3.56. The molecule has 24 heavy (non-hydrogen) atoms. The zero-order valence-electron chi connectivity index (χ0n) is 14.0. The van der Waals surface area contributed by atoms with Gasteiger partial charge in [-0.2, -0.15) is 0 Å². The normalized spacial score (nSPS) is 20.7. The number of hydrogen-bond donors (Lipinski definition) is 1. The number of likely N-dealkylation sites (tertiary alicyclic amines) is 1. The SMILES string of the molecule is Fc1cccc2c(NC3CCN(CC4CCCC4)CC3)ncnc12. The molecule has 1 saturated heterocycles. The zero-order chi connectivity index (χ0) is 16.4. The maximum Gasteiger partial charge on any atom is 0.149 e. The van der Waals surface area contributed by atoms with Crippen molar-refractivity contribution in [3.05, 3.63) is 30.3 Å². The van der Waals surface area contributed by atoms with Crippen molar-refractivity contribution in [2.45, 2.75) is 44.6 Å². The number of anilines is 1. The third-order valence-corrected chi connectivity index (χ3v) is 5.54. The fraction of sp³-hybridized carbons (Fsp3) is 0.579. The molecule has 0 radical (unpaired) electrons. The summed E-state index contributed by atoms with van der Waals surface area (Å²) in [5.41, 5.74) is 0.397. The third-order valence-electron chi connectivity index (χ3n) is 5.54. The number of benzene rings is 1. The second-order valence-electron chi connectivity index (χ2n) is 7.23. The highest BCUT2D eigenvalue weighted by atomic mass is 19.1. The Kier molecular flexibility index (Phi) is 4.60. The molecule has 1 saturated carbocycles. The average molecular weight is 328 g/mol. The van der Waals surface area contributed by atoms with Gasteiger partial charge in [-0.1, -0.05) is 18.9 Å². The Morgan fingerprint density at radius 3 is 2.67 bits per heavy atom. The van der Waals surface area contributed by atoms with Gasteiger partial charge in [-0.25, -0.2) is 14.4 Å². The number of nitrogens with one attached hydrogen (secondary N) is 1. The lowest BCUT2D eigenvalue weighted by molar-refractivity contribution is 0.189. The molecule has 0 bridgehead atoms. The predicted octanol–water partition coefficient (Wildman–Crippen LogP) is 3.84. The number of para-hydroxylation sites is 1. The van der Waals surface area contributed by atoms with Crippen LogP contribution in [0.1, 0.15) is 38.5 Å². The van der Waals surface area contributed by atoms with Crippen LogP contribution in [0.4, 0.5) is 10.2 Å². The Morgan fingerprint density at radius 1 is 1.08 bits per heavy atom. The van der Waals surface area contributed by atoms with Gasteiger partial charge >= 0.3 is 0 Å². The molecule has 2 aliphatic rings. The van der Waals surface area contributed by atoms with Crippen molar-refractivity contribution in [2.24, 2.45) is 5.92 Å². The first-order valence-electron chi connectivity index (χ1n) is 9.18. The Hall–Kier alpha value is -1.75. The molecule has 0 amide bonds. The van der Waals surface area contributed by atoms with Crippen LogP contribution in [-0.4, -0.2) is 40.5 Å². The second-order valence-corrected chi connectivity index (χ2v) is 7.23.